The third-order valence-corrected chi connectivity index (χ3v) is 3.71. The number of benzene rings is 1. The van der Waals surface area contributed by atoms with Gasteiger partial charge in [0, 0.05) is 11.6 Å². The molecule has 2 rings (SSSR count). The Labute approximate surface area is 133 Å². The number of methoxy groups -OCH3 is 1. The van der Waals surface area contributed by atoms with Gasteiger partial charge in [-0.3, -0.25) is 0 Å². The number of nitrogens with two attached hydrogens (primary N) is 1. The average Bonchev–Trinajstić information content (AvgIpc) is 2.47. The van der Waals surface area contributed by atoms with E-state index in [0.717, 1.165) is 0 Å². The zero-order chi connectivity index (χ0) is 15.4. The van der Waals surface area contributed by atoms with Crippen molar-refractivity contribution in [2.24, 2.45) is 0 Å². The Morgan fingerprint density at radius 2 is 2.19 bits per heavy atom. The molecule has 8 heteroatoms. The number of nitrogen functional groups attached to an aromatic ring is 1. The van der Waals surface area contributed by atoms with Gasteiger partial charge in [0.25, 0.3) is 0 Å². The van der Waals surface area contributed by atoms with Crippen LogP contribution in [-0.4, -0.2) is 23.0 Å². The maximum atomic E-state index is 13.4. The van der Waals surface area contributed by atoms with Crippen LogP contribution in [0.1, 0.15) is 16.2 Å². The van der Waals surface area contributed by atoms with Crippen molar-refractivity contribution in [3.63, 3.8) is 0 Å². The van der Waals surface area contributed by atoms with Crippen LogP contribution in [0.25, 0.3) is 0 Å². The van der Waals surface area contributed by atoms with E-state index in [1.807, 2.05) is 22.6 Å². The highest BCUT2D eigenvalue weighted by atomic mass is 127. The summed E-state index contributed by atoms with van der Waals surface area (Å²) < 4.78 is 23.8. The van der Waals surface area contributed by atoms with Gasteiger partial charge >= 0.3 is 5.97 Å². The third kappa shape index (κ3) is 3.78. The van der Waals surface area contributed by atoms with Crippen LogP contribution in [0.2, 0.25) is 0 Å². The third-order valence-electron chi connectivity index (χ3n) is 2.50. The Bertz CT molecular complexity index is 682. The Morgan fingerprint density at radius 1 is 1.43 bits per heavy atom. The van der Waals surface area contributed by atoms with E-state index < -0.39 is 5.97 Å². The Morgan fingerprint density at radius 3 is 2.90 bits per heavy atom. The van der Waals surface area contributed by atoms with Gasteiger partial charge in [0.2, 0.25) is 11.7 Å². The van der Waals surface area contributed by atoms with Crippen molar-refractivity contribution >= 4 is 34.4 Å². The lowest BCUT2D eigenvalue weighted by Crippen LogP contribution is -2.11. The van der Waals surface area contributed by atoms with Crippen LogP contribution in [-0.2, 0) is 11.3 Å². The molecule has 6 nitrogen and oxygen atoms in total. The highest BCUT2D eigenvalue weighted by Gasteiger charge is 2.13. The van der Waals surface area contributed by atoms with Crippen molar-refractivity contribution in [2.45, 2.75) is 6.61 Å². The summed E-state index contributed by atoms with van der Waals surface area (Å²) in [6.45, 7) is 0.0904. The fourth-order valence-corrected chi connectivity index (χ4v) is 2.03. The van der Waals surface area contributed by atoms with E-state index in [1.165, 1.54) is 19.2 Å². The van der Waals surface area contributed by atoms with Crippen LogP contribution in [0.4, 0.5) is 10.2 Å². The lowest BCUT2D eigenvalue weighted by molar-refractivity contribution is 0.0585. The van der Waals surface area contributed by atoms with Gasteiger partial charge in [0.15, 0.2) is 0 Å². The van der Waals surface area contributed by atoms with Crippen molar-refractivity contribution in [2.75, 3.05) is 12.8 Å². The Balaban J connectivity index is 2.18. The fraction of sp³-hybridized carbons (Fsp3) is 0.154. The second kappa shape index (κ2) is 6.66. The second-order valence-corrected chi connectivity index (χ2v) is 5.03. The van der Waals surface area contributed by atoms with Gasteiger partial charge in [-0.05, 0) is 28.7 Å². The van der Waals surface area contributed by atoms with Crippen molar-refractivity contribution in [3.8, 4) is 5.88 Å². The molecule has 1 aromatic heterocycles. The average molecular weight is 403 g/mol. The van der Waals surface area contributed by atoms with Gasteiger partial charge in [-0.15, -0.1) is 0 Å². The highest BCUT2D eigenvalue weighted by molar-refractivity contribution is 14.1. The molecule has 0 fully saturated rings. The van der Waals surface area contributed by atoms with Gasteiger partial charge in [-0.1, -0.05) is 12.1 Å². The Kier molecular flexibility index (Phi) is 4.89. The number of esters is 1. The number of rotatable bonds is 4. The predicted molar refractivity (Wildman–Crippen MR) is 81.2 cm³/mol. The largest absolute Gasteiger partial charge is 0.473 e. The molecule has 0 aliphatic heterocycles. The molecule has 0 radical (unpaired) electrons. The number of carbonyl (C=O) groups excluding carboxylic acids is 1. The van der Waals surface area contributed by atoms with Crippen molar-refractivity contribution < 1.29 is 18.7 Å². The summed E-state index contributed by atoms with van der Waals surface area (Å²) in [5.74, 6) is -1.04. The molecule has 2 N–H and O–H groups in total. The van der Waals surface area contributed by atoms with Crippen LogP contribution in [0.15, 0.2) is 24.3 Å². The maximum absolute atomic E-state index is 13.4. The maximum Gasteiger partial charge on any atom is 0.376 e. The molecule has 1 aromatic carbocycles. The van der Waals surface area contributed by atoms with Crippen LogP contribution < -0.4 is 10.5 Å². The monoisotopic (exact) mass is 403 g/mol. The van der Waals surface area contributed by atoms with E-state index in [2.05, 4.69) is 14.7 Å². The first-order chi connectivity index (χ1) is 10.0. The lowest BCUT2D eigenvalue weighted by Gasteiger charge is -2.09. The molecular formula is C13H11FIN3O3. The number of aromatic nitrogens is 2. The molecule has 0 saturated heterocycles. The second-order valence-electron chi connectivity index (χ2n) is 3.95. The van der Waals surface area contributed by atoms with E-state index in [4.69, 9.17) is 10.5 Å². The first-order valence-corrected chi connectivity index (χ1v) is 6.87. The zero-order valence-corrected chi connectivity index (χ0v) is 13.1. The minimum Gasteiger partial charge on any atom is -0.473 e. The van der Waals surface area contributed by atoms with Crippen molar-refractivity contribution in [3.05, 3.63) is 45.0 Å². The van der Waals surface area contributed by atoms with Gasteiger partial charge in [-0.25, -0.2) is 14.2 Å². The summed E-state index contributed by atoms with van der Waals surface area (Å²) in [4.78, 5) is 19.0. The predicted octanol–water partition coefficient (Wildman–Crippen LogP) is 2.17. The van der Waals surface area contributed by atoms with E-state index in [1.54, 1.807) is 12.1 Å². The molecule has 0 atom stereocenters. The minimum atomic E-state index is -0.715. The topological polar surface area (TPSA) is 87.3 Å². The van der Waals surface area contributed by atoms with Crippen molar-refractivity contribution in [1.29, 1.82) is 0 Å². The number of halogens is 2. The summed E-state index contributed by atoms with van der Waals surface area (Å²) in [5, 5.41) is 0. The smallest absolute Gasteiger partial charge is 0.376 e. The molecular weight excluding hydrogens is 392 g/mol. The van der Waals surface area contributed by atoms with Gasteiger partial charge in [-0.2, -0.15) is 4.98 Å². The molecule has 0 amide bonds. The summed E-state index contributed by atoms with van der Waals surface area (Å²) in [7, 11) is 1.21. The van der Waals surface area contributed by atoms with Crippen LogP contribution in [0, 0.1) is 9.39 Å². The normalized spacial score (nSPS) is 10.2. The van der Waals surface area contributed by atoms with Crippen LogP contribution in [0.3, 0.4) is 0 Å². The Hall–Kier alpha value is -1.97. The SMILES string of the molecule is COC(=O)c1nc(N)cc(OCc2cccc(F)c2I)n1. The number of hydrogen-bond donors (Lipinski definition) is 1. The first-order valence-electron chi connectivity index (χ1n) is 5.80. The van der Waals surface area contributed by atoms with Crippen LogP contribution >= 0.6 is 22.6 Å². The molecule has 2 aromatic rings. The molecule has 0 unspecified atom stereocenters. The number of anilines is 1. The van der Waals surface area contributed by atoms with E-state index in [0.29, 0.717) is 9.13 Å². The molecule has 0 saturated carbocycles. The number of hydrogen-bond acceptors (Lipinski definition) is 6. The molecule has 0 spiro atoms. The van der Waals surface area contributed by atoms with E-state index >= 15 is 0 Å². The molecule has 0 aliphatic carbocycles. The minimum absolute atomic E-state index is 0.0781. The van der Waals surface area contributed by atoms with Crippen LogP contribution in [0.5, 0.6) is 5.88 Å². The van der Waals surface area contributed by atoms with E-state index in [9.17, 15) is 9.18 Å². The van der Waals surface area contributed by atoms with Crippen molar-refractivity contribution in [1.82, 2.24) is 9.97 Å². The number of ether oxygens (including phenoxy) is 2. The number of carbonyl (C=O) groups is 1. The summed E-state index contributed by atoms with van der Waals surface area (Å²) >= 11 is 1.89. The number of nitrogens with zero attached hydrogens (tertiary/aromatic N) is 2. The van der Waals surface area contributed by atoms with Gasteiger partial charge in [0.05, 0.1) is 10.7 Å². The first kappa shape index (κ1) is 15.4. The molecule has 21 heavy (non-hydrogen) atoms. The summed E-state index contributed by atoms with van der Waals surface area (Å²) in [6, 6.07) is 6.06. The fourth-order valence-electron chi connectivity index (χ4n) is 1.51. The lowest BCUT2D eigenvalue weighted by atomic mass is 10.2. The molecule has 0 aliphatic rings. The van der Waals surface area contributed by atoms with E-state index in [-0.39, 0.29) is 29.9 Å². The summed E-state index contributed by atoms with van der Waals surface area (Å²) in [6.07, 6.45) is 0. The highest BCUT2D eigenvalue weighted by Crippen LogP contribution is 2.19. The molecule has 110 valence electrons. The van der Waals surface area contributed by atoms with Gasteiger partial charge < -0.3 is 15.2 Å². The standard InChI is InChI=1S/C13H11FIN3O3/c1-20-13(19)12-17-9(16)5-10(18-12)21-6-7-3-2-4-8(14)11(7)15/h2-5H,6H2,1H3,(H2,16,17,18). The zero-order valence-electron chi connectivity index (χ0n) is 11.0. The molecule has 1 heterocycles. The summed E-state index contributed by atoms with van der Waals surface area (Å²) in [5.41, 5.74) is 6.23. The quantitative estimate of drug-likeness (QED) is 0.622. The van der Waals surface area contributed by atoms with Gasteiger partial charge in [0.1, 0.15) is 18.2 Å². The molecule has 0 bridgehead atoms.